The standard InChI is InChI=1S/C53H53FN8O9/c1-70-45-28-41-42(55-21-14-44(41)71-38-9-6-36(7-10-38)58-52(69)53(19-20-53)51(68)57-35-4-2-34(54)3-5-35)26-33(45)29-56-47(64)32-17-22-60(23-18-32)30-31-15-24-61(25-16-31)37-8-11-39-40(27-37)50(67)62(49(39)66)43-12-13-46(63)59-48(43)65/h2-11,14,21,26-28,31-32,43H,12-13,15-20,22-25,29-30H2,1H3,(H,56,64)(H,57,68)(H,58,69)(H,59,63,65). The van der Waals surface area contributed by atoms with E-state index in [-0.39, 0.29) is 42.3 Å². The van der Waals surface area contributed by atoms with Gasteiger partial charge in [-0.2, -0.15) is 0 Å². The molecule has 1 unspecified atom stereocenters. The Balaban J connectivity index is 0.677. The molecule has 71 heavy (non-hydrogen) atoms. The second-order valence-electron chi connectivity index (χ2n) is 19.0. The number of pyridine rings is 1. The van der Waals surface area contributed by atoms with Crippen LogP contribution < -0.4 is 35.6 Å². The van der Waals surface area contributed by atoms with Crippen molar-refractivity contribution in [3.8, 4) is 17.2 Å². The number of fused-ring (bicyclic) bond motifs is 2. The molecule has 17 nitrogen and oxygen atoms in total. The molecule has 366 valence electrons. The van der Waals surface area contributed by atoms with E-state index in [0.717, 1.165) is 74.6 Å². The molecule has 5 aliphatic rings. The highest BCUT2D eigenvalue weighted by Gasteiger charge is 2.56. The molecule has 1 atom stereocenters. The summed E-state index contributed by atoms with van der Waals surface area (Å²) in [6.45, 7) is 4.46. The highest BCUT2D eigenvalue weighted by Crippen LogP contribution is 2.48. The number of hydrogen-bond donors (Lipinski definition) is 4. The molecule has 4 aliphatic heterocycles. The van der Waals surface area contributed by atoms with E-state index < -0.39 is 52.7 Å². The summed E-state index contributed by atoms with van der Waals surface area (Å²) in [5, 5.41) is 11.6. The third-order valence-corrected chi connectivity index (χ3v) is 14.5. The number of halogens is 1. The summed E-state index contributed by atoms with van der Waals surface area (Å²) >= 11 is 0. The molecule has 5 aromatic rings. The van der Waals surface area contributed by atoms with Gasteiger partial charge in [0.1, 0.15) is 34.5 Å². The number of piperidine rings is 3. The number of carbonyl (C=O) groups is 7. The Bertz CT molecular complexity index is 2950. The molecule has 7 amide bonds. The van der Waals surface area contributed by atoms with Crippen LogP contribution in [0.5, 0.6) is 17.2 Å². The molecule has 0 bridgehead atoms. The van der Waals surface area contributed by atoms with Crippen LogP contribution in [0.1, 0.15) is 77.6 Å². The van der Waals surface area contributed by atoms with Crippen LogP contribution in [0.3, 0.4) is 0 Å². The van der Waals surface area contributed by atoms with E-state index >= 15 is 0 Å². The van der Waals surface area contributed by atoms with E-state index in [4.69, 9.17) is 9.47 Å². The fourth-order valence-electron chi connectivity index (χ4n) is 10.2. The first kappa shape index (κ1) is 47.0. The Labute approximate surface area is 408 Å². The minimum Gasteiger partial charge on any atom is -0.496 e. The second kappa shape index (κ2) is 19.6. The van der Waals surface area contributed by atoms with Crippen LogP contribution >= 0.6 is 0 Å². The van der Waals surface area contributed by atoms with Gasteiger partial charge in [-0.05, 0) is 149 Å². The molecule has 18 heteroatoms. The van der Waals surface area contributed by atoms with Gasteiger partial charge >= 0.3 is 0 Å². The van der Waals surface area contributed by atoms with Crippen molar-refractivity contribution in [2.45, 2.75) is 64.0 Å². The number of nitrogens with one attached hydrogen (secondary N) is 4. The summed E-state index contributed by atoms with van der Waals surface area (Å²) in [4.78, 5) is 101. The Morgan fingerprint density at radius 2 is 1.45 bits per heavy atom. The molecular weight excluding hydrogens is 912 g/mol. The fraction of sp³-hybridized carbons (Fsp3) is 0.358. The van der Waals surface area contributed by atoms with E-state index in [1.807, 2.05) is 18.2 Å². The van der Waals surface area contributed by atoms with E-state index in [0.29, 0.717) is 58.3 Å². The first-order chi connectivity index (χ1) is 34.3. The number of hydrogen-bond acceptors (Lipinski definition) is 12. The summed E-state index contributed by atoms with van der Waals surface area (Å²) in [5.41, 5.74) is 2.56. The SMILES string of the molecule is COc1cc2c(Oc3ccc(NC(=O)C4(C(=O)Nc5ccc(F)cc5)CC4)cc3)ccnc2cc1CNC(=O)C1CCN(CC2CCN(c3ccc4c(c3)C(=O)N(C3CCC(=O)NC3=O)C4=O)CC2)CC1. The predicted molar refractivity (Wildman–Crippen MR) is 259 cm³/mol. The molecule has 10 rings (SSSR count). The number of imide groups is 2. The summed E-state index contributed by atoms with van der Waals surface area (Å²) in [5.74, 6) is -1.34. The molecule has 3 saturated heterocycles. The zero-order valence-corrected chi connectivity index (χ0v) is 39.1. The van der Waals surface area contributed by atoms with Crippen LogP contribution in [-0.4, -0.2) is 102 Å². The third-order valence-electron chi connectivity index (χ3n) is 14.5. The molecule has 0 spiro atoms. The maximum absolute atomic E-state index is 13.5. The zero-order valence-electron chi connectivity index (χ0n) is 39.1. The summed E-state index contributed by atoms with van der Waals surface area (Å²) in [6.07, 6.45) is 6.08. The second-order valence-corrected chi connectivity index (χ2v) is 19.0. The number of benzene rings is 4. The quantitative estimate of drug-likeness (QED) is 0.0727. The molecular formula is C53H53FN8O9. The van der Waals surface area contributed by atoms with Crippen molar-refractivity contribution in [3.63, 3.8) is 0 Å². The minimum atomic E-state index is -1.19. The summed E-state index contributed by atoms with van der Waals surface area (Å²) in [7, 11) is 1.58. The van der Waals surface area contributed by atoms with Crippen LogP contribution in [-0.2, 0) is 30.5 Å². The molecule has 5 heterocycles. The molecule has 0 radical (unpaired) electrons. The van der Waals surface area contributed by atoms with Crippen molar-refractivity contribution in [3.05, 3.63) is 114 Å². The Morgan fingerprint density at radius 3 is 2.11 bits per heavy atom. The Morgan fingerprint density at radius 1 is 0.775 bits per heavy atom. The van der Waals surface area contributed by atoms with Crippen molar-refractivity contribution in [1.82, 2.24) is 25.4 Å². The number of likely N-dealkylation sites (tertiary alicyclic amines) is 1. The van der Waals surface area contributed by atoms with Crippen LogP contribution in [0.4, 0.5) is 21.5 Å². The normalized spacial score (nSPS) is 19.3. The molecule has 4 fully saturated rings. The maximum Gasteiger partial charge on any atom is 0.262 e. The molecule has 4 N–H and O–H groups in total. The van der Waals surface area contributed by atoms with Gasteiger partial charge in [-0.25, -0.2) is 4.39 Å². The topological polar surface area (TPSA) is 209 Å². The van der Waals surface area contributed by atoms with Crippen LogP contribution in [0.15, 0.2) is 91.1 Å². The van der Waals surface area contributed by atoms with Gasteiger partial charge in [0.05, 0.1) is 23.8 Å². The van der Waals surface area contributed by atoms with Crippen molar-refractivity contribution < 1.29 is 47.4 Å². The lowest BCUT2D eigenvalue weighted by Gasteiger charge is -2.38. The largest absolute Gasteiger partial charge is 0.496 e. The highest BCUT2D eigenvalue weighted by molar-refractivity contribution is 6.24. The lowest BCUT2D eigenvalue weighted by Crippen LogP contribution is -2.54. The van der Waals surface area contributed by atoms with Gasteiger partial charge in [0.2, 0.25) is 29.5 Å². The van der Waals surface area contributed by atoms with Crippen molar-refractivity contribution in [2.75, 3.05) is 55.4 Å². The smallest absolute Gasteiger partial charge is 0.262 e. The van der Waals surface area contributed by atoms with E-state index in [9.17, 15) is 38.0 Å². The summed E-state index contributed by atoms with van der Waals surface area (Å²) < 4.78 is 25.4. The number of methoxy groups -OCH3 is 1. The average Bonchev–Trinajstić information content (AvgIpc) is 4.16. The van der Waals surface area contributed by atoms with Gasteiger partial charge in [-0.15, -0.1) is 0 Å². The maximum atomic E-state index is 13.5. The predicted octanol–water partition coefficient (Wildman–Crippen LogP) is 6.18. The molecule has 1 saturated carbocycles. The molecule has 4 aromatic carbocycles. The van der Waals surface area contributed by atoms with Crippen molar-refractivity contribution in [2.24, 2.45) is 17.3 Å². The highest BCUT2D eigenvalue weighted by atomic mass is 19.1. The van der Waals surface area contributed by atoms with E-state index in [2.05, 4.69) is 36.1 Å². The van der Waals surface area contributed by atoms with E-state index in [1.165, 1.54) is 24.3 Å². The van der Waals surface area contributed by atoms with Crippen molar-refractivity contribution >= 4 is 69.3 Å². The third kappa shape index (κ3) is 9.76. The number of aromatic nitrogens is 1. The Hall–Kier alpha value is -7.73. The molecule has 1 aliphatic carbocycles. The van der Waals surface area contributed by atoms with Gasteiger partial charge in [0.25, 0.3) is 11.8 Å². The summed E-state index contributed by atoms with van der Waals surface area (Å²) in [6, 6.07) is 22.0. The van der Waals surface area contributed by atoms with Crippen LogP contribution in [0.2, 0.25) is 0 Å². The number of rotatable bonds is 14. The Kier molecular flexibility index (Phi) is 13.0. The fourth-order valence-corrected chi connectivity index (χ4v) is 10.2. The monoisotopic (exact) mass is 964 g/mol. The first-order valence-electron chi connectivity index (χ1n) is 24.1. The van der Waals surface area contributed by atoms with Gasteiger partial charge in [0, 0.05) is 72.7 Å². The average molecular weight is 965 g/mol. The number of carbonyl (C=O) groups excluding carboxylic acids is 7. The number of nitrogens with zero attached hydrogens (tertiary/aromatic N) is 4. The van der Waals surface area contributed by atoms with Gasteiger partial charge < -0.3 is 35.2 Å². The van der Waals surface area contributed by atoms with Crippen molar-refractivity contribution in [1.29, 1.82) is 0 Å². The lowest BCUT2D eigenvalue weighted by molar-refractivity contribution is -0.136. The van der Waals surface area contributed by atoms with Gasteiger partial charge in [-0.1, -0.05) is 0 Å². The number of anilines is 3. The number of ether oxygens (including phenoxy) is 2. The van der Waals surface area contributed by atoms with Gasteiger partial charge in [0.15, 0.2) is 0 Å². The van der Waals surface area contributed by atoms with E-state index in [1.54, 1.807) is 55.8 Å². The zero-order chi connectivity index (χ0) is 49.4. The van der Waals surface area contributed by atoms with Gasteiger partial charge in [-0.3, -0.25) is 48.8 Å². The van der Waals surface area contributed by atoms with Crippen LogP contribution in [0, 0.1) is 23.1 Å². The lowest BCUT2D eigenvalue weighted by atomic mass is 9.92. The number of amides is 7. The minimum absolute atomic E-state index is 0.000102. The first-order valence-corrected chi connectivity index (χ1v) is 24.1. The van der Waals surface area contributed by atoms with Crippen LogP contribution in [0.25, 0.3) is 10.9 Å². The molecule has 1 aromatic heterocycles.